The highest BCUT2D eigenvalue weighted by Gasteiger charge is 2.44. The van der Waals surface area contributed by atoms with Crippen LogP contribution in [-0.4, -0.2) is 49.1 Å². The van der Waals surface area contributed by atoms with Gasteiger partial charge in [0.05, 0.1) is 5.56 Å². The molecule has 2 heterocycles. The molecule has 208 valence electrons. The normalized spacial score (nSPS) is 17.5. The van der Waals surface area contributed by atoms with E-state index < -0.39 is 49.5 Å². The van der Waals surface area contributed by atoms with Gasteiger partial charge >= 0.3 is 0 Å². The molecule has 1 saturated heterocycles. The van der Waals surface area contributed by atoms with Crippen LogP contribution in [0.2, 0.25) is 0 Å². The number of benzene rings is 2. The lowest BCUT2D eigenvalue weighted by Gasteiger charge is -2.28. The number of carbonyl (C=O) groups is 2. The van der Waals surface area contributed by atoms with E-state index in [4.69, 9.17) is 9.57 Å². The first-order valence-corrected chi connectivity index (χ1v) is 14.2. The first-order chi connectivity index (χ1) is 18.5. The maximum Gasteiger partial charge on any atom is 0.264 e. The fourth-order valence-corrected chi connectivity index (χ4v) is 5.18. The molecule has 3 aromatic rings. The SMILES string of the molecule is CC(CCn1ccc2cc(-c3ccc(C=O)c(F)c3F)ccc2c1=O)(C(=O)NOC1CCCCO1)S(C)(=O)=O. The van der Waals surface area contributed by atoms with E-state index in [0.29, 0.717) is 24.0 Å². The van der Waals surface area contributed by atoms with E-state index in [1.54, 1.807) is 6.07 Å². The van der Waals surface area contributed by atoms with Crippen LogP contribution in [0.4, 0.5) is 8.78 Å². The van der Waals surface area contributed by atoms with Crippen molar-refractivity contribution in [3.63, 3.8) is 0 Å². The Balaban J connectivity index is 1.56. The van der Waals surface area contributed by atoms with Crippen LogP contribution >= 0.6 is 0 Å². The van der Waals surface area contributed by atoms with E-state index in [9.17, 15) is 31.6 Å². The van der Waals surface area contributed by atoms with Crippen LogP contribution < -0.4 is 11.0 Å². The van der Waals surface area contributed by atoms with Crippen molar-refractivity contribution < 1.29 is 36.4 Å². The average Bonchev–Trinajstić information content (AvgIpc) is 2.92. The molecule has 4 rings (SSSR count). The van der Waals surface area contributed by atoms with Crippen molar-refractivity contribution in [3.8, 4) is 11.1 Å². The highest BCUT2D eigenvalue weighted by Crippen LogP contribution is 2.28. The number of ether oxygens (including phenoxy) is 1. The molecule has 2 atom stereocenters. The summed E-state index contributed by atoms with van der Waals surface area (Å²) < 4.78 is 58.6. The summed E-state index contributed by atoms with van der Waals surface area (Å²) in [5.74, 6) is -3.30. The van der Waals surface area contributed by atoms with E-state index in [0.717, 1.165) is 19.1 Å². The number of halogens is 2. The minimum atomic E-state index is -3.93. The van der Waals surface area contributed by atoms with Crippen molar-refractivity contribution >= 4 is 32.8 Å². The summed E-state index contributed by atoms with van der Waals surface area (Å²) in [6, 6.07) is 8.45. The molecule has 9 nitrogen and oxygen atoms in total. The van der Waals surface area contributed by atoms with Gasteiger partial charge < -0.3 is 9.30 Å². The van der Waals surface area contributed by atoms with Crippen LogP contribution in [0.25, 0.3) is 21.9 Å². The molecule has 1 aliphatic heterocycles. The number of sulfone groups is 1. The Morgan fingerprint density at radius 1 is 1.21 bits per heavy atom. The number of aromatic nitrogens is 1. The second-order valence-corrected chi connectivity index (χ2v) is 12.1. The summed E-state index contributed by atoms with van der Waals surface area (Å²) in [6.45, 7) is 1.65. The number of hydroxylamine groups is 1. The van der Waals surface area contributed by atoms with Crippen LogP contribution in [0, 0.1) is 11.6 Å². The standard InChI is InChI=1S/C27H28F2N2O7S/c1-27(39(2,35)36,26(34)30-38-22-5-3-4-14-37-22)11-13-31-12-10-18-15-17(6-9-21(18)25(31)33)20-8-7-19(16-32)23(28)24(20)29/h6-10,12,15-16,22H,3-5,11,13-14H2,1-2H3,(H,30,34). The first-order valence-electron chi connectivity index (χ1n) is 12.3. The largest absolute Gasteiger partial charge is 0.350 e. The van der Waals surface area contributed by atoms with Gasteiger partial charge in [-0.2, -0.15) is 0 Å². The van der Waals surface area contributed by atoms with Crippen molar-refractivity contribution in [3.05, 3.63) is 70.1 Å². The molecule has 1 aromatic heterocycles. The van der Waals surface area contributed by atoms with Gasteiger partial charge in [-0.15, -0.1) is 0 Å². The van der Waals surface area contributed by atoms with E-state index in [1.807, 2.05) is 0 Å². The third-order valence-corrected chi connectivity index (χ3v) is 9.10. The van der Waals surface area contributed by atoms with Crippen molar-refractivity contribution in [1.82, 2.24) is 10.0 Å². The van der Waals surface area contributed by atoms with Crippen molar-refractivity contribution in [2.24, 2.45) is 0 Å². The van der Waals surface area contributed by atoms with E-state index in [2.05, 4.69) is 5.48 Å². The molecule has 0 bridgehead atoms. The number of aryl methyl sites for hydroxylation is 1. The van der Waals surface area contributed by atoms with Crippen LogP contribution in [-0.2, 0) is 30.8 Å². The molecule has 39 heavy (non-hydrogen) atoms. The van der Waals surface area contributed by atoms with Gasteiger partial charge in [0.15, 0.2) is 38.8 Å². The highest BCUT2D eigenvalue weighted by atomic mass is 32.2. The topological polar surface area (TPSA) is 121 Å². The Morgan fingerprint density at radius 2 is 1.97 bits per heavy atom. The van der Waals surface area contributed by atoms with Gasteiger partial charge in [0.25, 0.3) is 11.5 Å². The van der Waals surface area contributed by atoms with Gasteiger partial charge in [-0.05, 0) is 61.4 Å². The van der Waals surface area contributed by atoms with Gasteiger partial charge in [-0.1, -0.05) is 12.1 Å². The number of aldehydes is 1. The molecule has 0 radical (unpaired) electrons. The molecule has 1 aliphatic rings. The number of pyridine rings is 1. The van der Waals surface area contributed by atoms with Crippen LogP contribution in [0.5, 0.6) is 0 Å². The zero-order valence-corrected chi connectivity index (χ0v) is 22.2. The molecule has 2 unspecified atom stereocenters. The number of nitrogens with one attached hydrogen (secondary N) is 1. The summed E-state index contributed by atoms with van der Waals surface area (Å²) in [6.07, 6.45) is 4.02. The third kappa shape index (κ3) is 5.77. The fraction of sp³-hybridized carbons (Fsp3) is 0.370. The van der Waals surface area contributed by atoms with Gasteiger partial charge in [0.2, 0.25) is 0 Å². The number of hydrogen-bond acceptors (Lipinski definition) is 7. The quantitative estimate of drug-likeness (QED) is 0.313. The lowest BCUT2D eigenvalue weighted by Crippen LogP contribution is -2.51. The predicted octanol–water partition coefficient (Wildman–Crippen LogP) is 3.53. The smallest absolute Gasteiger partial charge is 0.264 e. The number of amides is 1. The van der Waals surface area contributed by atoms with Gasteiger partial charge in [0.1, 0.15) is 0 Å². The molecule has 0 saturated carbocycles. The highest BCUT2D eigenvalue weighted by molar-refractivity contribution is 7.92. The summed E-state index contributed by atoms with van der Waals surface area (Å²) in [7, 11) is -3.93. The summed E-state index contributed by atoms with van der Waals surface area (Å²) >= 11 is 0. The van der Waals surface area contributed by atoms with Crippen molar-refractivity contribution in [2.45, 2.75) is 50.2 Å². The Hall–Kier alpha value is -3.48. The van der Waals surface area contributed by atoms with Crippen LogP contribution in [0.15, 0.2) is 47.4 Å². The minimum absolute atomic E-state index is 0.0695. The van der Waals surface area contributed by atoms with Gasteiger partial charge in [-0.3, -0.25) is 14.4 Å². The third-order valence-electron chi connectivity index (χ3n) is 7.08. The Bertz CT molecular complexity index is 1580. The molecular formula is C27H28F2N2O7S. The fourth-order valence-electron chi connectivity index (χ4n) is 4.34. The molecule has 1 N–H and O–H groups in total. The van der Waals surface area contributed by atoms with Crippen LogP contribution in [0.1, 0.15) is 43.0 Å². The lowest BCUT2D eigenvalue weighted by molar-refractivity contribution is -0.201. The van der Waals surface area contributed by atoms with Crippen molar-refractivity contribution in [1.29, 1.82) is 0 Å². The molecule has 0 spiro atoms. The number of carbonyl (C=O) groups excluding carboxylic acids is 2. The second-order valence-electron chi connectivity index (χ2n) is 9.66. The first kappa shape index (κ1) is 28.5. The number of hydrogen-bond donors (Lipinski definition) is 1. The Labute approximate surface area is 223 Å². The summed E-state index contributed by atoms with van der Waals surface area (Å²) in [4.78, 5) is 42.2. The zero-order chi connectivity index (χ0) is 28.4. The van der Waals surface area contributed by atoms with Crippen LogP contribution in [0.3, 0.4) is 0 Å². The number of nitrogens with zero attached hydrogens (tertiary/aromatic N) is 1. The average molecular weight is 563 g/mol. The van der Waals surface area contributed by atoms with Crippen molar-refractivity contribution in [2.75, 3.05) is 12.9 Å². The maximum atomic E-state index is 14.5. The Kier molecular flexibility index (Phi) is 8.28. The number of rotatable bonds is 9. The van der Waals surface area contributed by atoms with Gasteiger partial charge in [0, 0.05) is 43.0 Å². The number of fused-ring (bicyclic) bond motifs is 1. The molecular weight excluding hydrogens is 534 g/mol. The second kappa shape index (κ2) is 11.3. The summed E-state index contributed by atoms with van der Waals surface area (Å²) in [5, 5.41) is 0.701. The molecule has 0 aliphatic carbocycles. The molecule has 1 amide bonds. The predicted molar refractivity (Wildman–Crippen MR) is 140 cm³/mol. The van der Waals surface area contributed by atoms with E-state index in [1.165, 1.54) is 48.0 Å². The molecule has 12 heteroatoms. The monoisotopic (exact) mass is 562 g/mol. The van der Waals surface area contributed by atoms with E-state index in [-0.39, 0.29) is 30.2 Å². The Morgan fingerprint density at radius 3 is 2.64 bits per heavy atom. The molecule has 2 aromatic carbocycles. The summed E-state index contributed by atoms with van der Waals surface area (Å²) in [5.41, 5.74) is 1.59. The van der Waals surface area contributed by atoms with Gasteiger partial charge in [-0.25, -0.2) is 27.5 Å². The lowest BCUT2D eigenvalue weighted by atomic mass is 10.00. The van der Waals surface area contributed by atoms with E-state index >= 15 is 0 Å². The zero-order valence-electron chi connectivity index (χ0n) is 21.4. The maximum absolute atomic E-state index is 14.5. The minimum Gasteiger partial charge on any atom is -0.350 e. The molecule has 1 fully saturated rings.